The molecule has 3 amide bonds. The van der Waals surface area contributed by atoms with Gasteiger partial charge < -0.3 is 10.4 Å². The second-order valence-electron chi connectivity index (χ2n) is 4.37. The number of carboxylic acid groups (broad SMARTS) is 1. The minimum Gasteiger partial charge on any atom is -0.480 e. The minimum atomic E-state index is -1.15. The Morgan fingerprint density at radius 3 is 2.38 bits per heavy atom. The molecule has 16 heavy (non-hydrogen) atoms. The van der Waals surface area contributed by atoms with Crippen LogP contribution < -0.4 is 5.32 Å². The Kier molecular flexibility index (Phi) is 3.21. The summed E-state index contributed by atoms with van der Waals surface area (Å²) in [5.74, 6) is -1.64. The number of hydrogen-bond acceptors (Lipinski definition) is 3. The number of rotatable bonds is 4. The topological polar surface area (TPSA) is 86.7 Å². The van der Waals surface area contributed by atoms with Crippen molar-refractivity contribution in [3.63, 3.8) is 0 Å². The van der Waals surface area contributed by atoms with Crippen molar-refractivity contribution in [1.29, 1.82) is 0 Å². The standard InChI is InChI=1S/C10H16N2O4/c1-4-5-6(7(13)14)12-8(15)10(2,3)11-9(12)16/h6H,4-5H2,1-3H3,(H,11,16)(H,13,14)/t6-/m1/s1. The summed E-state index contributed by atoms with van der Waals surface area (Å²) in [7, 11) is 0. The van der Waals surface area contributed by atoms with Crippen LogP contribution in [0.15, 0.2) is 0 Å². The van der Waals surface area contributed by atoms with Gasteiger partial charge in [-0.15, -0.1) is 0 Å². The van der Waals surface area contributed by atoms with Gasteiger partial charge >= 0.3 is 12.0 Å². The second-order valence-corrected chi connectivity index (χ2v) is 4.37. The van der Waals surface area contributed by atoms with Crippen LogP contribution in [0, 0.1) is 0 Å². The number of aliphatic carboxylic acids is 1. The fraction of sp³-hybridized carbons (Fsp3) is 0.700. The first-order chi connectivity index (χ1) is 7.31. The van der Waals surface area contributed by atoms with Crippen LogP contribution in [-0.2, 0) is 9.59 Å². The van der Waals surface area contributed by atoms with Crippen molar-refractivity contribution in [2.45, 2.75) is 45.2 Å². The van der Waals surface area contributed by atoms with Crippen LogP contribution in [0.4, 0.5) is 4.79 Å². The Morgan fingerprint density at radius 2 is 2.06 bits per heavy atom. The number of carbonyl (C=O) groups is 3. The highest BCUT2D eigenvalue weighted by Gasteiger charge is 2.48. The van der Waals surface area contributed by atoms with E-state index in [0.29, 0.717) is 6.42 Å². The molecular formula is C10H16N2O4. The van der Waals surface area contributed by atoms with E-state index >= 15 is 0 Å². The van der Waals surface area contributed by atoms with E-state index in [1.165, 1.54) is 0 Å². The number of nitrogens with one attached hydrogen (secondary N) is 1. The molecule has 0 bridgehead atoms. The molecule has 2 N–H and O–H groups in total. The van der Waals surface area contributed by atoms with E-state index in [0.717, 1.165) is 4.90 Å². The van der Waals surface area contributed by atoms with Gasteiger partial charge in [0, 0.05) is 0 Å². The number of imide groups is 1. The first kappa shape index (κ1) is 12.5. The molecule has 0 radical (unpaired) electrons. The molecule has 0 aromatic rings. The van der Waals surface area contributed by atoms with Crippen LogP contribution in [0.2, 0.25) is 0 Å². The van der Waals surface area contributed by atoms with E-state index in [1.54, 1.807) is 20.8 Å². The van der Waals surface area contributed by atoms with Crippen molar-refractivity contribution in [2.24, 2.45) is 0 Å². The summed E-state index contributed by atoms with van der Waals surface area (Å²) < 4.78 is 0. The molecule has 6 heteroatoms. The molecule has 1 aliphatic rings. The van der Waals surface area contributed by atoms with Crippen LogP contribution >= 0.6 is 0 Å². The maximum Gasteiger partial charge on any atom is 0.326 e. The van der Waals surface area contributed by atoms with Gasteiger partial charge in [0.2, 0.25) is 0 Å². The highest BCUT2D eigenvalue weighted by Crippen LogP contribution is 2.21. The number of amides is 3. The first-order valence-corrected chi connectivity index (χ1v) is 5.20. The van der Waals surface area contributed by atoms with Crippen molar-refractivity contribution >= 4 is 17.9 Å². The van der Waals surface area contributed by atoms with Crippen LogP contribution in [0.3, 0.4) is 0 Å². The molecule has 90 valence electrons. The predicted molar refractivity (Wildman–Crippen MR) is 55.8 cm³/mol. The van der Waals surface area contributed by atoms with Crippen LogP contribution in [-0.4, -0.2) is 39.5 Å². The number of urea groups is 1. The summed E-state index contributed by atoms with van der Waals surface area (Å²) in [4.78, 5) is 35.2. The van der Waals surface area contributed by atoms with Gasteiger partial charge in [-0.2, -0.15) is 0 Å². The minimum absolute atomic E-state index is 0.268. The smallest absolute Gasteiger partial charge is 0.326 e. The van der Waals surface area contributed by atoms with Crippen molar-refractivity contribution in [1.82, 2.24) is 10.2 Å². The summed E-state index contributed by atoms with van der Waals surface area (Å²) >= 11 is 0. The van der Waals surface area contributed by atoms with Crippen molar-refractivity contribution in [3.05, 3.63) is 0 Å². The third-order valence-electron chi connectivity index (χ3n) is 2.55. The Morgan fingerprint density at radius 1 is 1.50 bits per heavy atom. The number of carbonyl (C=O) groups excluding carboxylic acids is 2. The van der Waals surface area contributed by atoms with Gasteiger partial charge in [-0.3, -0.25) is 4.79 Å². The zero-order chi connectivity index (χ0) is 12.5. The molecule has 1 rings (SSSR count). The van der Waals surface area contributed by atoms with Crippen LogP contribution in [0.25, 0.3) is 0 Å². The lowest BCUT2D eigenvalue weighted by Crippen LogP contribution is -2.46. The van der Waals surface area contributed by atoms with E-state index in [4.69, 9.17) is 5.11 Å². The van der Waals surface area contributed by atoms with Gasteiger partial charge in [-0.25, -0.2) is 14.5 Å². The monoisotopic (exact) mass is 228 g/mol. The molecule has 6 nitrogen and oxygen atoms in total. The van der Waals surface area contributed by atoms with Crippen molar-refractivity contribution in [3.8, 4) is 0 Å². The number of nitrogens with zero attached hydrogens (tertiary/aromatic N) is 1. The molecule has 0 aromatic heterocycles. The lowest BCUT2D eigenvalue weighted by atomic mass is 10.0. The van der Waals surface area contributed by atoms with Crippen LogP contribution in [0.5, 0.6) is 0 Å². The number of hydrogen-bond donors (Lipinski definition) is 2. The van der Waals surface area contributed by atoms with E-state index in [1.807, 2.05) is 0 Å². The molecule has 1 atom stereocenters. The zero-order valence-electron chi connectivity index (χ0n) is 9.61. The Bertz CT molecular complexity index is 338. The maximum absolute atomic E-state index is 11.8. The van der Waals surface area contributed by atoms with Gasteiger partial charge in [0.25, 0.3) is 5.91 Å². The Hall–Kier alpha value is -1.59. The van der Waals surface area contributed by atoms with E-state index < -0.39 is 29.5 Å². The third-order valence-corrected chi connectivity index (χ3v) is 2.55. The van der Waals surface area contributed by atoms with Crippen molar-refractivity contribution < 1.29 is 19.5 Å². The summed E-state index contributed by atoms with van der Waals surface area (Å²) in [6.45, 7) is 4.91. The molecule has 1 saturated heterocycles. The fourth-order valence-corrected chi connectivity index (χ4v) is 1.69. The van der Waals surface area contributed by atoms with Gasteiger partial charge in [0.05, 0.1) is 0 Å². The quantitative estimate of drug-likeness (QED) is 0.689. The highest BCUT2D eigenvalue weighted by molar-refractivity contribution is 6.08. The molecule has 0 aliphatic carbocycles. The zero-order valence-corrected chi connectivity index (χ0v) is 9.61. The first-order valence-electron chi connectivity index (χ1n) is 5.20. The summed E-state index contributed by atoms with van der Waals surface area (Å²) in [6.07, 6.45) is 0.860. The second kappa shape index (κ2) is 4.11. The lowest BCUT2D eigenvalue weighted by Gasteiger charge is -2.22. The predicted octanol–water partition coefficient (Wildman–Crippen LogP) is 0.570. The molecule has 1 fully saturated rings. The molecule has 0 unspecified atom stereocenters. The van der Waals surface area contributed by atoms with Crippen LogP contribution in [0.1, 0.15) is 33.6 Å². The van der Waals surface area contributed by atoms with Gasteiger partial charge in [-0.05, 0) is 20.3 Å². The maximum atomic E-state index is 11.8. The fourth-order valence-electron chi connectivity index (χ4n) is 1.69. The largest absolute Gasteiger partial charge is 0.480 e. The van der Waals surface area contributed by atoms with E-state index in [9.17, 15) is 14.4 Å². The molecule has 0 spiro atoms. The third kappa shape index (κ3) is 2.00. The summed E-state index contributed by atoms with van der Waals surface area (Å²) in [6, 6.07) is -1.70. The normalized spacial score (nSPS) is 20.8. The average Bonchev–Trinajstić information content (AvgIpc) is 2.33. The molecule has 0 aromatic carbocycles. The van der Waals surface area contributed by atoms with Gasteiger partial charge in [-0.1, -0.05) is 13.3 Å². The molecule has 1 heterocycles. The summed E-state index contributed by atoms with van der Waals surface area (Å²) in [5.41, 5.74) is -1.02. The molecule has 0 saturated carbocycles. The Labute approximate surface area is 93.6 Å². The van der Waals surface area contributed by atoms with Crippen molar-refractivity contribution in [2.75, 3.05) is 0 Å². The van der Waals surface area contributed by atoms with Gasteiger partial charge in [0.15, 0.2) is 0 Å². The average molecular weight is 228 g/mol. The number of carboxylic acids is 1. The highest BCUT2D eigenvalue weighted by atomic mass is 16.4. The SMILES string of the molecule is CCC[C@H](C(=O)O)N1C(=O)NC(C)(C)C1=O. The molecule has 1 aliphatic heterocycles. The Balaban J connectivity index is 2.98. The van der Waals surface area contributed by atoms with E-state index in [-0.39, 0.29) is 6.42 Å². The summed E-state index contributed by atoms with van der Waals surface area (Å²) in [5, 5.41) is 11.5. The van der Waals surface area contributed by atoms with Gasteiger partial charge in [0.1, 0.15) is 11.6 Å². The lowest BCUT2D eigenvalue weighted by molar-refractivity contribution is -0.147. The molecular weight excluding hydrogens is 212 g/mol. The van der Waals surface area contributed by atoms with E-state index in [2.05, 4.69) is 5.32 Å².